The van der Waals surface area contributed by atoms with Gasteiger partial charge in [0.2, 0.25) is 10.0 Å². The first kappa shape index (κ1) is 31.7. The third kappa shape index (κ3) is 7.97. The van der Waals surface area contributed by atoms with Crippen LogP contribution >= 0.6 is 0 Å². The molecule has 0 atom stereocenters. The predicted octanol–water partition coefficient (Wildman–Crippen LogP) is 4.80. The number of nitrogens with zero attached hydrogens (tertiary/aromatic N) is 2. The topological polar surface area (TPSA) is 118 Å². The molecule has 1 aromatic heterocycles. The van der Waals surface area contributed by atoms with E-state index in [4.69, 9.17) is 4.74 Å². The molecule has 16 heteroatoms. The molecule has 0 bridgehead atoms. The fourth-order valence-corrected chi connectivity index (χ4v) is 5.35. The van der Waals surface area contributed by atoms with Gasteiger partial charge in [-0.1, -0.05) is 18.2 Å². The van der Waals surface area contributed by atoms with Gasteiger partial charge in [-0.3, -0.25) is 14.6 Å². The van der Waals surface area contributed by atoms with E-state index in [9.17, 15) is 44.3 Å². The number of anilines is 2. The molecule has 4 rings (SSSR count). The van der Waals surface area contributed by atoms with Gasteiger partial charge in [0.15, 0.2) is 0 Å². The van der Waals surface area contributed by atoms with Crippen molar-refractivity contribution in [3.63, 3.8) is 0 Å². The van der Waals surface area contributed by atoms with Crippen LogP contribution < -0.4 is 10.6 Å². The van der Waals surface area contributed by atoms with E-state index < -0.39 is 51.0 Å². The lowest BCUT2D eigenvalue weighted by atomic mass is 10.1. The van der Waals surface area contributed by atoms with E-state index in [0.29, 0.717) is 12.1 Å². The number of hydrogen-bond donors (Lipinski definition) is 2. The number of carbonyl (C=O) groups excluding carboxylic acids is 2. The molecule has 0 unspecified atom stereocenters. The van der Waals surface area contributed by atoms with Crippen molar-refractivity contribution >= 4 is 39.3 Å². The molecule has 3 aromatic rings. The molecule has 1 aliphatic heterocycles. The van der Waals surface area contributed by atoms with Crippen LogP contribution in [0.1, 0.15) is 16.8 Å². The lowest BCUT2D eigenvalue weighted by Gasteiger charge is -2.26. The first-order valence-electron chi connectivity index (χ1n) is 12.4. The molecule has 1 fully saturated rings. The minimum absolute atomic E-state index is 0.0531. The molecule has 2 amide bonds. The Morgan fingerprint density at radius 1 is 0.837 bits per heavy atom. The minimum Gasteiger partial charge on any atom is -0.379 e. The van der Waals surface area contributed by atoms with Crippen LogP contribution in [0.15, 0.2) is 77.3 Å². The summed E-state index contributed by atoms with van der Waals surface area (Å²) in [6.45, 7) is 0.624. The number of nitrogens with one attached hydrogen (secondary N) is 2. The number of morpholine rings is 1. The summed E-state index contributed by atoms with van der Waals surface area (Å²) in [6, 6.07) is 10.2. The number of pyridine rings is 1. The van der Waals surface area contributed by atoms with Crippen molar-refractivity contribution in [3.8, 4) is 0 Å². The molecule has 0 saturated carbocycles. The highest BCUT2D eigenvalue weighted by Crippen LogP contribution is 2.31. The Morgan fingerprint density at radius 2 is 1.44 bits per heavy atom. The molecule has 2 aromatic carbocycles. The number of rotatable bonds is 7. The predicted molar refractivity (Wildman–Crippen MR) is 142 cm³/mol. The van der Waals surface area contributed by atoms with Crippen LogP contribution in [0.2, 0.25) is 0 Å². The number of aromatic nitrogens is 1. The molecule has 1 aliphatic rings. The van der Waals surface area contributed by atoms with Gasteiger partial charge in [-0.2, -0.15) is 30.6 Å². The highest BCUT2D eigenvalue weighted by molar-refractivity contribution is 7.89. The van der Waals surface area contributed by atoms with Crippen molar-refractivity contribution in [2.45, 2.75) is 17.2 Å². The first-order chi connectivity index (χ1) is 20.1. The summed E-state index contributed by atoms with van der Waals surface area (Å²) in [5, 5.41) is 4.53. The molecule has 0 aliphatic carbocycles. The van der Waals surface area contributed by atoms with Gasteiger partial charge in [0.05, 0.1) is 23.7 Å². The third-order valence-corrected chi connectivity index (χ3v) is 7.92. The van der Waals surface area contributed by atoms with Crippen LogP contribution in [0, 0.1) is 0 Å². The van der Waals surface area contributed by atoms with Gasteiger partial charge in [-0.25, -0.2) is 8.42 Å². The Hall–Kier alpha value is -4.28. The zero-order chi connectivity index (χ0) is 31.4. The van der Waals surface area contributed by atoms with Gasteiger partial charge in [0.25, 0.3) is 11.8 Å². The van der Waals surface area contributed by atoms with Crippen molar-refractivity contribution < 1.29 is 49.1 Å². The van der Waals surface area contributed by atoms with Crippen molar-refractivity contribution in [3.05, 3.63) is 89.3 Å². The van der Waals surface area contributed by atoms with E-state index >= 15 is 0 Å². The molecular formula is C27H22F6N4O5S. The Labute approximate surface area is 241 Å². The summed E-state index contributed by atoms with van der Waals surface area (Å²) < 4.78 is 111. The van der Waals surface area contributed by atoms with Gasteiger partial charge in [-0.05, 0) is 54.1 Å². The second kappa shape index (κ2) is 12.5. The monoisotopic (exact) mass is 628 g/mol. The lowest BCUT2D eigenvalue weighted by Crippen LogP contribution is -2.40. The van der Waals surface area contributed by atoms with Crippen LogP contribution in [0.4, 0.5) is 37.7 Å². The summed E-state index contributed by atoms with van der Waals surface area (Å²) in [5.74, 6) is -2.33. The molecular weight excluding hydrogens is 606 g/mol. The maximum atomic E-state index is 13.3. The smallest absolute Gasteiger partial charge is 0.379 e. The summed E-state index contributed by atoms with van der Waals surface area (Å²) in [6.07, 6.45) is -7.84. The molecule has 43 heavy (non-hydrogen) atoms. The molecule has 0 spiro atoms. The minimum atomic E-state index is -4.75. The number of alkyl halides is 6. The van der Waals surface area contributed by atoms with Gasteiger partial charge >= 0.3 is 12.4 Å². The van der Waals surface area contributed by atoms with Crippen molar-refractivity contribution in [1.82, 2.24) is 9.29 Å². The van der Waals surface area contributed by atoms with E-state index in [2.05, 4.69) is 15.6 Å². The van der Waals surface area contributed by atoms with Crippen LogP contribution in [0.25, 0.3) is 6.08 Å². The van der Waals surface area contributed by atoms with Gasteiger partial charge in [0, 0.05) is 30.7 Å². The number of sulfonamides is 1. The lowest BCUT2D eigenvalue weighted by molar-refractivity contribution is -0.141. The van der Waals surface area contributed by atoms with E-state index in [1.54, 1.807) is 0 Å². The molecule has 9 nitrogen and oxygen atoms in total. The van der Waals surface area contributed by atoms with Gasteiger partial charge in [-0.15, -0.1) is 0 Å². The van der Waals surface area contributed by atoms with Crippen LogP contribution in [-0.4, -0.2) is 55.8 Å². The zero-order valence-electron chi connectivity index (χ0n) is 21.9. The normalized spacial score (nSPS) is 15.2. The molecule has 0 radical (unpaired) electrons. The Balaban J connectivity index is 1.65. The van der Waals surface area contributed by atoms with E-state index in [1.165, 1.54) is 22.5 Å². The third-order valence-electron chi connectivity index (χ3n) is 6.02. The van der Waals surface area contributed by atoms with Crippen molar-refractivity contribution in [1.29, 1.82) is 0 Å². The number of amides is 2. The molecule has 2 N–H and O–H groups in total. The second-order valence-electron chi connectivity index (χ2n) is 9.06. The van der Waals surface area contributed by atoms with Crippen LogP contribution in [0.3, 0.4) is 0 Å². The average Bonchev–Trinajstić information content (AvgIpc) is 2.96. The first-order valence-corrected chi connectivity index (χ1v) is 13.8. The molecule has 228 valence electrons. The molecule has 2 heterocycles. The fourth-order valence-electron chi connectivity index (χ4n) is 3.90. The van der Waals surface area contributed by atoms with E-state index in [-0.39, 0.29) is 48.1 Å². The summed E-state index contributed by atoms with van der Waals surface area (Å²) in [5.41, 5.74) is -3.51. The fraction of sp³-hybridized carbons (Fsp3) is 0.222. The Kier molecular flexibility index (Phi) is 9.22. The number of benzene rings is 2. The van der Waals surface area contributed by atoms with Crippen molar-refractivity contribution in [2.75, 3.05) is 36.9 Å². The number of ether oxygens (including phenoxy) is 1. The van der Waals surface area contributed by atoms with Gasteiger partial charge in [0.1, 0.15) is 11.3 Å². The summed E-state index contributed by atoms with van der Waals surface area (Å²) >= 11 is 0. The maximum absolute atomic E-state index is 13.3. The average molecular weight is 629 g/mol. The van der Waals surface area contributed by atoms with E-state index in [0.717, 1.165) is 42.6 Å². The zero-order valence-corrected chi connectivity index (χ0v) is 22.7. The SMILES string of the molecule is O=C(Nc1cccc(C(F)(F)F)c1)/C(=C\c1ccc(C(F)(F)F)nc1)C(=O)Nc1cccc(S(=O)(=O)N2CCOCC2)c1. The summed E-state index contributed by atoms with van der Waals surface area (Å²) in [4.78, 5) is 29.5. The highest BCUT2D eigenvalue weighted by atomic mass is 32.2. The largest absolute Gasteiger partial charge is 0.433 e. The standard InChI is InChI=1S/C27H22F6N4O5S/c28-26(29,30)18-3-1-4-19(14-18)35-24(38)22(13-17-7-8-23(34-16-17)27(31,32)33)25(39)36-20-5-2-6-21(15-20)43(40,41)37-9-11-42-12-10-37/h1-8,13-16H,9-12H2,(H,35,38)(H,36,39)/b22-13+. The number of halogens is 6. The highest BCUT2D eigenvalue weighted by Gasteiger charge is 2.33. The second-order valence-corrected chi connectivity index (χ2v) is 11.0. The number of carbonyl (C=O) groups is 2. The van der Waals surface area contributed by atoms with Crippen molar-refractivity contribution in [2.24, 2.45) is 0 Å². The number of hydrogen-bond acceptors (Lipinski definition) is 6. The van der Waals surface area contributed by atoms with Gasteiger partial charge < -0.3 is 15.4 Å². The van der Waals surface area contributed by atoms with E-state index in [1.807, 2.05) is 0 Å². The van der Waals surface area contributed by atoms with Crippen LogP contribution in [-0.2, 0) is 36.7 Å². The quantitative estimate of drug-likeness (QED) is 0.168. The summed E-state index contributed by atoms with van der Waals surface area (Å²) in [7, 11) is -3.96. The Bertz CT molecular complexity index is 1630. The van der Waals surface area contributed by atoms with Crippen LogP contribution in [0.5, 0.6) is 0 Å². The Morgan fingerprint density at radius 3 is 2.00 bits per heavy atom. The molecule has 1 saturated heterocycles. The maximum Gasteiger partial charge on any atom is 0.433 e.